The minimum atomic E-state index is -0.764. The van der Waals surface area contributed by atoms with Gasteiger partial charge in [-0.1, -0.05) is 322 Å². The van der Waals surface area contributed by atoms with Crippen molar-refractivity contribution in [2.24, 2.45) is 0 Å². The molecule has 0 saturated heterocycles. The highest BCUT2D eigenvalue weighted by Crippen LogP contribution is 2.19. The number of rotatable bonds is 56. The van der Waals surface area contributed by atoms with Gasteiger partial charge in [0.05, 0.1) is 6.61 Å². The van der Waals surface area contributed by atoms with E-state index in [1.165, 1.54) is 289 Å². The predicted octanol–water partition coefficient (Wildman–Crippen LogP) is 19.8. The van der Waals surface area contributed by atoms with Crippen molar-refractivity contribution in [3.8, 4) is 0 Å². The van der Waals surface area contributed by atoms with Gasteiger partial charge in [-0.2, -0.15) is 0 Å². The van der Waals surface area contributed by atoms with Gasteiger partial charge in [-0.25, -0.2) is 0 Å². The van der Waals surface area contributed by atoms with Gasteiger partial charge in [0.2, 0.25) is 0 Å². The van der Waals surface area contributed by atoms with Crippen molar-refractivity contribution in [3.05, 3.63) is 0 Å². The van der Waals surface area contributed by atoms with Crippen molar-refractivity contribution in [2.75, 3.05) is 13.2 Å². The monoisotopic (exact) mass is 905 g/mol. The highest BCUT2D eigenvalue weighted by Gasteiger charge is 2.16. The maximum atomic E-state index is 12.3. The number of carbonyl (C=O) groups excluding carboxylic acids is 2. The molecule has 5 nitrogen and oxygen atoms in total. The molecule has 0 saturated carbocycles. The zero-order valence-electron chi connectivity index (χ0n) is 43.8. The number of esters is 2. The third-order valence-corrected chi connectivity index (χ3v) is 13.9. The number of ether oxygens (including phenoxy) is 2. The van der Waals surface area contributed by atoms with E-state index in [1.54, 1.807) is 0 Å². The Hall–Kier alpha value is -1.10. The molecule has 0 aromatic carbocycles. The largest absolute Gasteiger partial charge is 0.462 e. The first-order valence-electron chi connectivity index (χ1n) is 29.6. The number of hydrogen-bond donors (Lipinski definition) is 1. The van der Waals surface area contributed by atoms with Crippen LogP contribution in [0.3, 0.4) is 0 Å². The fraction of sp³-hybridized carbons (Fsp3) is 0.966. The van der Waals surface area contributed by atoms with E-state index in [4.69, 9.17) is 9.47 Å². The quantitative estimate of drug-likeness (QED) is 0.0486. The highest BCUT2D eigenvalue weighted by atomic mass is 16.6. The summed E-state index contributed by atoms with van der Waals surface area (Å²) >= 11 is 0. The SMILES string of the molecule is CCCCCCCCCCCCCCCCCCCCCCCCCCCCC(=O)OC(CO)COC(=O)CCCCCCCCCCCCCCCCCCCCCCCCCC. The molecule has 0 rings (SSSR count). The van der Waals surface area contributed by atoms with E-state index in [0.29, 0.717) is 12.8 Å². The fourth-order valence-electron chi connectivity index (χ4n) is 9.44. The van der Waals surface area contributed by atoms with E-state index in [9.17, 15) is 14.7 Å². The fourth-order valence-corrected chi connectivity index (χ4v) is 9.44. The summed E-state index contributed by atoms with van der Waals surface area (Å²) in [7, 11) is 0. The summed E-state index contributed by atoms with van der Waals surface area (Å²) in [6.45, 7) is 4.21. The number of unbranched alkanes of at least 4 members (excludes halogenated alkanes) is 48. The summed E-state index contributed by atoms with van der Waals surface area (Å²) in [5, 5.41) is 9.66. The minimum absolute atomic E-state index is 0.0556. The lowest BCUT2D eigenvalue weighted by Gasteiger charge is -2.15. The number of hydrogen-bond acceptors (Lipinski definition) is 5. The van der Waals surface area contributed by atoms with Gasteiger partial charge in [0.25, 0.3) is 0 Å². The van der Waals surface area contributed by atoms with Crippen LogP contribution in [0.5, 0.6) is 0 Å². The van der Waals surface area contributed by atoms with Crippen LogP contribution in [0, 0.1) is 0 Å². The van der Waals surface area contributed by atoms with Crippen LogP contribution in [0.15, 0.2) is 0 Å². The first kappa shape index (κ1) is 62.9. The average Bonchev–Trinajstić information content (AvgIpc) is 3.30. The third-order valence-electron chi connectivity index (χ3n) is 13.9. The second-order valence-electron chi connectivity index (χ2n) is 20.4. The van der Waals surface area contributed by atoms with Crippen LogP contribution in [0.1, 0.15) is 348 Å². The van der Waals surface area contributed by atoms with Gasteiger partial charge in [-0.3, -0.25) is 9.59 Å². The van der Waals surface area contributed by atoms with Gasteiger partial charge in [-0.05, 0) is 12.8 Å². The molecule has 0 amide bonds. The molecule has 64 heavy (non-hydrogen) atoms. The van der Waals surface area contributed by atoms with Crippen LogP contribution in [0.4, 0.5) is 0 Å². The van der Waals surface area contributed by atoms with Crippen LogP contribution in [0.2, 0.25) is 0 Å². The molecule has 0 aromatic rings. The van der Waals surface area contributed by atoms with Crippen LogP contribution < -0.4 is 0 Å². The van der Waals surface area contributed by atoms with E-state index in [0.717, 1.165) is 32.1 Å². The molecule has 1 unspecified atom stereocenters. The molecule has 5 heteroatoms. The van der Waals surface area contributed by atoms with Crippen molar-refractivity contribution in [1.82, 2.24) is 0 Å². The van der Waals surface area contributed by atoms with Crippen molar-refractivity contribution in [3.63, 3.8) is 0 Å². The summed E-state index contributed by atoms with van der Waals surface area (Å²) in [5.41, 5.74) is 0. The van der Waals surface area contributed by atoms with Gasteiger partial charge >= 0.3 is 11.9 Å². The lowest BCUT2D eigenvalue weighted by molar-refractivity contribution is -0.161. The smallest absolute Gasteiger partial charge is 0.306 e. The molecule has 0 aliphatic carbocycles. The standard InChI is InChI=1S/C59H116O5/c1-3-5-7-9-11-13-15-17-19-21-23-25-27-29-30-32-34-36-38-40-42-44-46-48-50-52-54-59(62)64-57(55-60)56-63-58(61)53-51-49-47-45-43-41-39-37-35-33-31-28-26-24-22-20-18-16-14-12-10-8-6-4-2/h57,60H,3-56H2,1-2H3. The lowest BCUT2D eigenvalue weighted by atomic mass is 10.0. The molecular weight excluding hydrogens is 789 g/mol. The Balaban J connectivity index is 3.39. The van der Waals surface area contributed by atoms with Crippen LogP contribution in [0.25, 0.3) is 0 Å². The lowest BCUT2D eigenvalue weighted by Crippen LogP contribution is -2.28. The molecule has 0 spiro atoms. The summed E-state index contributed by atoms with van der Waals surface area (Å²) in [4.78, 5) is 24.5. The molecular formula is C59H116O5. The van der Waals surface area contributed by atoms with E-state index < -0.39 is 6.10 Å². The number of aliphatic hydroxyl groups is 1. The first-order valence-corrected chi connectivity index (χ1v) is 29.6. The average molecular weight is 906 g/mol. The molecule has 0 aromatic heterocycles. The van der Waals surface area contributed by atoms with Crippen molar-refractivity contribution >= 4 is 11.9 Å². The summed E-state index contributed by atoms with van der Waals surface area (Å²) in [5.74, 6) is -0.562. The minimum Gasteiger partial charge on any atom is -0.462 e. The molecule has 0 heterocycles. The van der Waals surface area contributed by atoms with E-state index in [-0.39, 0.29) is 25.2 Å². The number of aliphatic hydroxyl groups excluding tert-OH is 1. The van der Waals surface area contributed by atoms with Crippen LogP contribution in [-0.2, 0) is 19.1 Å². The van der Waals surface area contributed by atoms with Gasteiger partial charge in [0.15, 0.2) is 6.10 Å². The summed E-state index contributed by atoms with van der Waals surface area (Å²) in [6, 6.07) is 0. The third kappa shape index (κ3) is 53.5. The van der Waals surface area contributed by atoms with Crippen LogP contribution in [-0.4, -0.2) is 36.4 Å². The van der Waals surface area contributed by atoms with Crippen LogP contribution >= 0.6 is 0 Å². The first-order chi connectivity index (χ1) is 31.6. The Kier molecular flexibility index (Phi) is 55.3. The van der Waals surface area contributed by atoms with Gasteiger partial charge < -0.3 is 14.6 Å². The molecule has 382 valence electrons. The Morgan fingerprint density at radius 2 is 0.484 bits per heavy atom. The Labute approximate surface area is 401 Å². The molecule has 0 radical (unpaired) electrons. The topological polar surface area (TPSA) is 72.8 Å². The van der Waals surface area contributed by atoms with Crippen molar-refractivity contribution in [1.29, 1.82) is 0 Å². The van der Waals surface area contributed by atoms with Gasteiger partial charge in [0.1, 0.15) is 6.61 Å². The molecule has 1 atom stereocenters. The molecule has 0 bridgehead atoms. The summed E-state index contributed by atoms with van der Waals surface area (Å²) in [6.07, 6.45) is 68.1. The zero-order valence-corrected chi connectivity index (χ0v) is 43.8. The molecule has 0 fully saturated rings. The highest BCUT2D eigenvalue weighted by molar-refractivity contribution is 5.70. The van der Waals surface area contributed by atoms with Crippen molar-refractivity contribution in [2.45, 2.75) is 354 Å². The normalized spacial score (nSPS) is 12.0. The van der Waals surface area contributed by atoms with E-state index in [2.05, 4.69) is 13.8 Å². The molecule has 0 aliphatic rings. The van der Waals surface area contributed by atoms with E-state index >= 15 is 0 Å². The number of carbonyl (C=O) groups is 2. The maximum absolute atomic E-state index is 12.3. The second kappa shape index (κ2) is 56.2. The Bertz CT molecular complexity index is 891. The predicted molar refractivity (Wildman–Crippen MR) is 279 cm³/mol. The molecule has 0 aliphatic heterocycles. The van der Waals surface area contributed by atoms with E-state index in [1.807, 2.05) is 0 Å². The van der Waals surface area contributed by atoms with Crippen molar-refractivity contribution < 1.29 is 24.2 Å². The second-order valence-corrected chi connectivity index (χ2v) is 20.4. The van der Waals surface area contributed by atoms with Gasteiger partial charge in [0, 0.05) is 12.8 Å². The Morgan fingerprint density at radius 1 is 0.297 bits per heavy atom. The summed E-state index contributed by atoms with van der Waals surface area (Å²) < 4.78 is 10.7. The molecule has 1 N–H and O–H groups in total. The van der Waals surface area contributed by atoms with Gasteiger partial charge in [-0.15, -0.1) is 0 Å². The maximum Gasteiger partial charge on any atom is 0.306 e. The Morgan fingerprint density at radius 3 is 0.688 bits per heavy atom. The zero-order chi connectivity index (χ0) is 46.3.